The van der Waals surface area contributed by atoms with Crippen molar-refractivity contribution < 1.29 is 9.88 Å². The first-order valence-corrected chi connectivity index (χ1v) is 3.91. The summed E-state index contributed by atoms with van der Waals surface area (Å²) in [7, 11) is 0. The second-order valence-electron chi connectivity index (χ2n) is 2.23. The van der Waals surface area contributed by atoms with Crippen LogP contribution in [0.1, 0.15) is 6.42 Å². The van der Waals surface area contributed by atoms with Gasteiger partial charge in [0.15, 0.2) is 0 Å². The first-order valence-electron chi connectivity index (χ1n) is 3.91. The molecule has 6 heteroatoms. The van der Waals surface area contributed by atoms with Crippen molar-refractivity contribution in [1.82, 2.24) is 21.9 Å². The Morgan fingerprint density at radius 2 is 2.00 bits per heavy atom. The summed E-state index contributed by atoms with van der Waals surface area (Å²) in [6.07, 6.45) is 4.51. The van der Waals surface area contributed by atoms with Crippen molar-refractivity contribution >= 4 is 0 Å². The molecular weight excluding hydrogens is 160 g/mol. The third-order valence-corrected chi connectivity index (χ3v) is 1.24. The lowest BCUT2D eigenvalue weighted by atomic mass is 10.4. The Bertz CT molecular complexity index is 107. The van der Waals surface area contributed by atoms with Gasteiger partial charge in [-0.25, -0.2) is 10.9 Å². The Morgan fingerprint density at radius 1 is 1.17 bits per heavy atom. The van der Waals surface area contributed by atoms with E-state index in [1.807, 2.05) is 6.08 Å². The number of nitrogens with one attached hydrogen (secondary N) is 4. The summed E-state index contributed by atoms with van der Waals surface area (Å²) in [6.45, 7) is 2.88. The quantitative estimate of drug-likeness (QED) is 0.352. The highest BCUT2D eigenvalue weighted by molar-refractivity contribution is 4.74. The Labute approximate surface area is 71.1 Å². The van der Waals surface area contributed by atoms with Crippen LogP contribution in [0.15, 0.2) is 12.3 Å². The summed E-state index contributed by atoms with van der Waals surface area (Å²) in [5, 5.41) is 0. The fourth-order valence-electron chi connectivity index (χ4n) is 0.684. The van der Waals surface area contributed by atoms with E-state index in [-0.39, 0.29) is 0 Å². The molecule has 6 nitrogen and oxygen atoms in total. The first-order chi connectivity index (χ1) is 6.00. The van der Waals surface area contributed by atoms with Gasteiger partial charge in [-0.2, -0.15) is 11.0 Å². The molecule has 0 aromatic heterocycles. The molecule has 0 aromatic carbocycles. The molecule has 0 saturated carbocycles. The number of hydrogen-bond donors (Lipinski definition) is 4. The van der Waals surface area contributed by atoms with Crippen molar-refractivity contribution in [2.45, 2.75) is 6.42 Å². The maximum atomic E-state index is 4.28. The van der Waals surface area contributed by atoms with Crippen LogP contribution in [0.3, 0.4) is 0 Å². The minimum Gasteiger partial charge on any atom is -0.328 e. The summed E-state index contributed by atoms with van der Waals surface area (Å²) in [6, 6.07) is 0. The number of hydrazine groups is 2. The Kier molecular flexibility index (Phi) is 5.51. The van der Waals surface area contributed by atoms with Crippen molar-refractivity contribution in [1.29, 1.82) is 0 Å². The molecule has 0 bridgehead atoms. The van der Waals surface area contributed by atoms with Crippen LogP contribution in [0.5, 0.6) is 0 Å². The second-order valence-corrected chi connectivity index (χ2v) is 2.23. The summed E-state index contributed by atoms with van der Waals surface area (Å²) >= 11 is 0. The molecule has 12 heavy (non-hydrogen) atoms. The fourth-order valence-corrected chi connectivity index (χ4v) is 0.684. The average molecular weight is 174 g/mol. The van der Waals surface area contributed by atoms with Crippen LogP contribution in [-0.2, 0) is 9.88 Å². The van der Waals surface area contributed by atoms with Gasteiger partial charge in [-0.1, -0.05) is 4.99 Å². The van der Waals surface area contributed by atoms with Gasteiger partial charge < -0.3 is 4.89 Å². The fraction of sp³-hybridized carbons (Fsp3) is 0.667. The highest BCUT2D eigenvalue weighted by atomic mass is 17.3. The van der Waals surface area contributed by atoms with Crippen molar-refractivity contribution in [2.24, 2.45) is 0 Å². The molecule has 2 aliphatic heterocycles. The summed E-state index contributed by atoms with van der Waals surface area (Å²) in [5.74, 6) is 0. The maximum Gasteiger partial charge on any atom is 0.129 e. The van der Waals surface area contributed by atoms with Gasteiger partial charge in [0, 0.05) is 19.6 Å². The van der Waals surface area contributed by atoms with Gasteiger partial charge >= 0.3 is 0 Å². The van der Waals surface area contributed by atoms with Gasteiger partial charge in [0.25, 0.3) is 0 Å². The molecule has 2 heterocycles. The second kappa shape index (κ2) is 7.01. The van der Waals surface area contributed by atoms with Crippen LogP contribution >= 0.6 is 0 Å². The van der Waals surface area contributed by atoms with Crippen LogP contribution in [-0.4, -0.2) is 19.6 Å². The molecule has 0 unspecified atom stereocenters. The van der Waals surface area contributed by atoms with E-state index in [1.54, 1.807) is 0 Å². The molecule has 1 fully saturated rings. The summed E-state index contributed by atoms with van der Waals surface area (Å²) in [4.78, 5) is 8.51. The minimum atomic E-state index is 0.722. The molecule has 0 spiro atoms. The molecule has 1 saturated heterocycles. The van der Waals surface area contributed by atoms with Gasteiger partial charge in [-0.05, 0) is 12.5 Å². The van der Waals surface area contributed by atoms with Crippen molar-refractivity contribution in [3.8, 4) is 0 Å². The highest BCUT2D eigenvalue weighted by Crippen LogP contribution is 1.81. The largest absolute Gasteiger partial charge is 0.328 e. The van der Waals surface area contributed by atoms with Gasteiger partial charge in [0.2, 0.25) is 0 Å². The zero-order valence-corrected chi connectivity index (χ0v) is 6.80. The Morgan fingerprint density at radius 3 is 2.17 bits per heavy atom. The topological polar surface area (TPSA) is 66.6 Å². The SMILES string of the molecule is C1=COONC1.C1CNNNC1. The normalized spacial score (nSPS) is 22.0. The molecule has 0 aromatic rings. The lowest BCUT2D eigenvalue weighted by Crippen LogP contribution is -2.49. The van der Waals surface area contributed by atoms with E-state index in [4.69, 9.17) is 0 Å². The Hall–Kier alpha value is -0.660. The molecule has 70 valence electrons. The van der Waals surface area contributed by atoms with Gasteiger partial charge in [-0.15, -0.1) is 0 Å². The van der Waals surface area contributed by atoms with Crippen LogP contribution in [0.2, 0.25) is 0 Å². The van der Waals surface area contributed by atoms with Crippen LogP contribution < -0.4 is 21.9 Å². The highest BCUT2D eigenvalue weighted by Gasteiger charge is 1.90. The lowest BCUT2D eigenvalue weighted by molar-refractivity contribution is -0.301. The molecule has 0 radical (unpaired) electrons. The van der Waals surface area contributed by atoms with E-state index in [0.29, 0.717) is 0 Å². The molecular formula is C6H14N4O2. The molecule has 0 aliphatic carbocycles. The maximum absolute atomic E-state index is 4.28. The van der Waals surface area contributed by atoms with Crippen molar-refractivity contribution in [3.63, 3.8) is 0 Å². The summed E-state index contributed by atoms with van der Waals surface area (Å²) in [5.41, 5.74) is 11.1. The third kappa shape index (κ3) is 5.05. The molecule has 2 rings (SSSR count). The number of rotatable bonds is 0. The van der Waals surface area contributed by atoms with Gasteiger partial charge in [-0.3, -0.25) is 0 Å². The van der Waals surface area contributed by atoms with E-state index in [1.165, 1.54) is 12.7 Å². The van der Waals surface area contributed by atoms with Gasteiger partial charge in [0.05, 0.1) is 0 Å². The molecule has 4 N–H and O–H groups in total. The number of hydroxylamine groups is 1. The smallest absolute Gasteiger partial charge is 0.129 e. The number of hydrogen-bond acceptors (Lipinski definition) is 6. The minimum absolute atomic E-state index is 0.722. The van der Waals surface area contributed by atoms with Crippen LogP contribution in [0, 0.1) is 0 Å². The van der Waals surface area contributed by atoms with E-state index < -0.39 is 0 Å². The average Bonchev–Trinajstić information content (AvgIpc) is 2.24. The van der Waals surface area contributed by atoms with E-state index in [9.17, 15) is 0 Å². The molecule has 2 aliphatic rings. The first kappa shape index (κ1) is 9.43. The van der Waals surface area contributed by atoms with E-state index in [2.05, 4.69) is 31.7 Å². The van der Waals surface area contributed by atoms with Crippen molar-refractivity contribution in [2.75, 3.05) is 19.6 Å². The standard InChI is InChI=1S/C3H9N3.C3H5NO2/c2*1-2-4-6-5-3-1/h4-6H,1-3H2;1,3-4H,2H2. The summed E-state index contributed by atoms with van der Waals surface area (Å²) < 4.78 is 0. The predicted molar refractivity (Wildman–Crippen MR) is 43.1 cm³/mol. The predicted octanol–water partition coefficient (Wildman–Crippen LogP) is -1.04. The van der Waals surface area contributed by atoms with E-state index in [0.717, 1.165) is 19.6 Å². The third-order valence-electron chi connectivity index (χ3n) is 1.24. The monoisotopic (exact) mass is 174 g/mol. The zero-order valence-electron chi connectivity index (χ0n) is 6.80. The van der Waals surface area contributed by atoms with Crippen molar-refractivity contribution in [3.05, 3.63) is 12.3 Å². The Balaban J connectivity index is 0.000000120. The van der Waals surface area contributed by atoms with Crippen LogP contribution in [0.4, 0.5) is 0 Å². The molecule has 0 amide bonds. The zero-order chi connectivity index (χ0) is 8.49. The molecule has 0 atom stereocenters. The van der Waals surface area contributed by atoms with E-state index >= 15 is 0 Å². The van der Waals surface area contributed by atoms with Gasteiger partial charge in [0.1, 0.15) is 6.26 Å². The van der Waals surface area contributed by atoms with Crippen LogP contribution in [0.25, 0.3) is 0 Å². The lowest BCUT2D eigenvalue weighted by Gasteiger charge is -2.12.